The maximum atomic E-state index is 12.4. The smallest absolute Gasteiger partial charge is 0.414 e. The summed E-state index contributed by atoms with van der Waals surface area (Å²) in [4.78, 5) is 13.2. The lowest BCUT2D eigenvalue weighted by molar-refractivity contribution is 0.181. The van der Waals surface area contributed by atoms with Crippen molar-refractivity contribution in [2.75, 3.05) is 24.6 Å². The summed E-state index contributed by atoms with van der Waals surface area (Å²) < 4.78 is 32.4. The van der Waals surface area contributed by atoms with E-state index in [-0.39, 0.29) is 4.90 Å². The van der Waals surface area contributed by atoms with Crippen molar-refractivity contribution in [1.29, 1.82) is 0 Å². The number of carbonyl (C=O) groups excluding carboxylic acids is 1. The summed E-state index contributed by atoms with van der Waals surface area (Å²) in [6.07, 6.45) is 3.82. The molecule has 1 fully saturated rings. The second kappa shape index (κ2) is 8.48. The van der Waals surface area contributed by atoms with Gasteiger partial charge in [-0.1, -0.05) is 33.1 Å². The first-order valence-electron chi connectivity index (χ1n) is 8.52. The van der Waals surface area contributed by atoms with Gasteiger partial charge in [0.05, 0.1) is 11.4 Å². The van der Waals surface area contributed by atoms with E-state index in [1.165, 1.54) is 17.0 Å². The minimum absolute atomic E-state index is 0.212. The molecule has 7 heteroatoms. The van der Waals surface area contributed by atoms with Crippen molar-refractivity contribution in [3.8, 4) is 0 Å². The first-order chi connectivity index (χ1) is 11.5. The largest absolute Gasteiger partial charge is 0.447 e. The number of amides is 1. The third-order valence-corrected chi connectivity index (χ3v) is 5.76. The molecule has 1 N–H and O–H groups in total. The van der Waals surface area contributed by atoms with Crippen LogP contribution in [0.3, 0.4) is 0 Å². The van der Waals surface area contributed by atoms with E-state index in [4.69, 9.17) is 4.74 Å². The predicted octanol–water partition coefficient (Wildman–Crippen LogP) is 3.14. The molecule has 0 aliphatic carbocycles. The number of anilines is 1. The summed E-state index contributed by atoms with van der Waals surface area (Å²) >= 11 is 0. The Labute approximate surface area is 144 Å². The van der Waals surface area contributed by atoms with Crippen LogP contribution in [-0.2, 0) is 14.8 Å². The fourth-order valence-electron chi connectivity index (χ4n) is 2.69. The van der Waals surface area contributed by atoms with Crippen LogP contribution in [0.1, 0.15) is 39.5 Å². The Morgan fingerprint density at radius 1 is 1.25 bits per heavy atom. The molecule has 0 saturated carbocycles. The molecule has 1 aliphatic rings. The van der Waals surface area contributed by atoms with E-state index in [1.807, 2.05) is 0 Å². The summed E-state index contributed by atoms with van der Waals surface area (Å²) in [7, 11) is -3.53. The molecule has 6 nitrogen and oxygen atoms in total. The number of unbranched alkanes of at least 4 members (excludes halogenated alkanes) is 1. The van der Waals surface area contributed by atoms with Gasteiger partial charge in [0, 0.05) is 12.2 Å². The van der Waals surface area contributed by atoms with Gasteiger partial charge in [0.1, 0.15) is 6.61 Å². The molecule has 1 atom stereocenters. The lowest BCUT2D eigenvalue weighted by Crippen LogP contribution is -2.29. The number of carbonyl (C=O) groups is 1. The summed E-state index contributed by atoms with van der Waals surface area (Å²) in [6, 6.07) is 6.32. The third-order valence-electron chi connectivity index (χ3n) is 4.32. The van der Waals surface area contributed by atoms with Crippen molar-refractivity contribution >= 4 is 21.8 Å². The van der Waals surface area contributed by atoms with Gasteiger partial charge in [-0.25, -0.2) is 17.9 Å². The van der Waals surface area contributed by atoms with Gasteiger partial charge in [0.2, 0.25) is 10.0 Å². The minimum Gasteiger partial charge on any atom is -0.447 e. The van der Waals surface area contributed by atoms with Crippen LogP contribution in [0.2, 0.25) is 0 Å². The van der Waals surface area contributed by atoms with Crippen LogP contribution in [0.15, 0.2) is 29.2 Å². The van der Waals surface area contributed by atoms with Gasteiger partial charge in [-0.3, -0.25) is 4.90 Å². The zero-order chi connectivity index (χ0) is 17.6. The Morgan fingerprint density at radius 2 is 1.96 bits per heavy atom. The number of rotatable bonds is 9. The fraction of sp³-hybridized carbons (Fsp3) is 0.588. The lowest BCUT2D eigenvalue weighted by Gasteiger charge is -2.16. The molecule has 134 valence electrons. The number of benzene rings is 1. The Balaban J connectivity index is 2.00. The molecule has 1 aromatic rings. The minimum atomic E-state index is -3.53. The predicted molar refractivity (Wildman–Crippen MR) is 93.6 cm³/mol. The van der Waals surface area contributed by atoms with Gasteiger partial charge in [0.15, 0.2) is 0 Å². The Bertz CT molecular complexity index is 643. The van der Waals surface area contributed by atoms with Crippen molar-refractivity contribution in [3.63, 3.8) is 0 Å². The van der Waals surface area contributed by atoms with Gasteiger partial charge < -0.3 is 4.74 Å². The molecular weight excluding hydrogens is 328 g/mol. The Morgan fingerprint density at radius 3 is 2.50 bits per heavy atom. The van der Waals surface area contributed by atoms with Crippen molar-refractivity contribution in [1.82, 2.24) is 4.72 Å². The van der Waals surface area contributed by atoms with Gasteiger partial charge in [-0.05, 0) is 36.6 Å². The molecule has 1 amide bonds. The molecular formula is C17H26N2O4S. The van der Waals surface area contributed by atoms with Crippen LogP contribution in [0.4, 0.5) is 10.5 Å². The van der Waals surface area contributed by atoms with Crippen LogP contribution >= 0.6 is 0 Å². The molecule has 0 radical (unpaired) electrons. The van der Waals surface area contributed by atoms with Crippen LogP contribution in [0, 0.1) is 5.92 Å². The lowest BCUT2D eigenvalue weighted by atomic mass is 10.00. The van der Waals surface area contributed by atoms with Gasteiger partial charge in [-0.2, -0.15) is 0 Å². The highest BCUT2D eigenvalue weighted by Crippen LogP contribution is 2.21. The molecule has 1 aromatic carbocycles. The fourth-order valence-corrected chi connectivity index (χ4v) is 3.80. The maximum absolute atomic E-state index is 12.4. The zero-order valence-electron chi connectivity index (χ0n) is 14.3. The monoisotopic (exact) mass is 354 g/mol. The van der Waals surface area contributed by atoms with Crippen molar-refractivity contribution in [3.05, 3.63) is 24.3 Å². The number of cyclic esters (lactones) is 1. The molecule has 1 aliphatic heterocycles. The van der Waals surface area contributed by atoms with E-state index >= 15 is 0 Å². The summed E-state index contributed by atoms with van der Waals surface area (Å²) in [5.74, 6) is 0.360. The average molecular weight is 354 g/mol. The van der Waals surface area contributed by atoms with E-state index in [9.17, 15) is 13.2 Å². The van der Waals surface area contributed by atoms with Gasteiger partial charge >= 0.3 is 6.09 Å². The van der Waals surface area contributed by atoms with Crippen molar-refractivity contribution < 1.29 is 17.9 Å². The SMILES string of the molecule is CCCCC(CC)CNS(=O)(=O)c1ccc(N2CCOC2=O)cc1. The second-order valence-corrected chi connectivity index (χ2v) is 7.80. The number of nitrogens with zero attached hydrogens (tertiary/aromatic N) is 1. The van der Waals surface area contributed by atoms with E-state index < -0.39 is 16.1 Å². The summed E-state index contributed by atoms with van der Waals surface area (Å²) in [6.45, 7) is 5.52. The number of sulfonamides is 1. The molecule has 24 heavy (non-hydrogen) atoms. The molecule has 1 heterocycles. The quantitative estimate of drug-likeness (QED) is 0.739. The second-order valence-electron chi connectivity index (χ2n) is 6.03. The average Bonchev–Trinajstić information content (AvgIpc) is 3.01. The highest BCUT2D eigenvalue weighted by atomic mass is 32.2. The van der Waals surface area contributed by atoms with Crippen molar-refractivity contribution in [2.24, 2.45) is 5.92 Å². The Hall–Kier alpha value is -1.60. The Kier molecular flexibility index (Phi) is 6.62. The standard InChI is InChI=1S/C17H26N2O4S/c1-3-5-6-14(4-2)13-18-24(21,22)16-9-7-15(8-10-16)19-11-12-23-17(19)20/h7-10,14,18H,3-6,11-13H2,1-2H3. The molecule has 1 saturated heterocycles. The van der Waals surface area contributed by atoms with Crippen LogP contribution in [0.5, 0.6) is 0 Å². The van der Waals surface area contributed by atoms with E-state index in [1.54, 1.807) is 12.1 Å². The van der Waals surface area contributed by atoms with E-state index in [2.05, 4.69) is 18.6 Å². The first-order valence-corrected chi connectivity index (χ1v) is 10.00. The van der Waals surface area contributed by atoms with Crippen LogP contribution < -0.4 is 9.62 Å². The normalized spacial score (nSPS) is 16.2. The van der Waals surface area contributed by atoms with Gasteiger partial charge in [0.25, 0.3) is 0 Å². The summed E-state index contributed by atoms with van der Waals surface area (Å²) in [5, 5.41) is 0. The van der Waals surface area contributed by atoms with Crippen molar-refractivity contribution in [2.45, 2.75) is 44.4 Å². The highest BCUT2D eigenvalue weighted by Gasteiger charge is 2.24. The first kappa shape index (κ1) is 18.7. The van der Waals surface area contributed by atoms with Crippen LogP contribution in [0.25, 0.3) is 0 Å². The number of hydrogen-bond donors (Lipinski definition) is 1. The number of ether oxygens (including phenoxy) is 1. The van der Waals surface area contributed by atoms with Crippen LogP contribution in [-0.4, -0.2) is 34.2 Å². The molecule has 0 bridgehead atoms. The topological polar surface area (TPSA) is 75.7 Å². The van der Waals surface area contributed by atoms with E-state index in [0.29, 0.717) is 31.3 Å². The molecule has 2 rings (SSSR count). The zero-order valence-corrected chi connectivity index (χ0v) is 15.1. The number of nitrogens with one attached hydrogen (secondary N) is 1. The maximum Gasteiger partial charge on any atom is 0.414 e. The van der Waals surface area contributed by atoms with E-state index in [0.717, 1.165) is 25.7 Å². The molecule has 0 spiro atoms. The number of hydrogen-bond acceptors (Lipinski definition) is 4. The highest BCUT2D eigenvalue weighted by molar-refractivity contribution is 7.89. The molecule has 1 unspecified atom stereocenters. The summed E-state index contributed by atoms with van der Waals surface area (Å²) in [5.41, 5.74) is 0.644. The van der Waals surface area contributed by atoms with Gasteiger partial charge in [-0.15, -0.1) is 0 Å². The molecule has 0 aromatic heterocycles. The third kappa shape index (κ3) is 4.70.